The Morgan fingerprint density at radius 2 is 2.11 bits per heavy atom. The van der Waals surface area contributed by atoms with Crippen LogP contribution in [0.4, 0.5) is 5.82 Å². The Morgan fingerprint density at radius 3 is 2.81 bits per heavy atom. The molecule has 2 saturated heterocycles. The van der Waals surface area contributed by atoms with E-state index in [2.05, 4.69) is 26.1 Å². The van der Waals surface area contributed by atoms with Crippen molar-refractivity contribution in [2.24, 2.45) is 5.92 Å². The molecule has 9 heteroatoms. The van der Waals surface area contributed by atoms with E-state index in [-0.39, 0.29) is 22.8 Å². The van der Waals surface area contributed by atoms with E-state index in [1.165, 1.54) is 12.8 Å². The number of hydrogen-bond acceptors (Lipinski definition) is 7. The molecule has 1 saturated carbocycles. The maximum absolute atomic E-state index is 12.6. The van der Waals surface area contributed by atoms with Crippen LogP contribution in [0.2, 0.25) is 0 Å². The molecule has 1 aromatic heterocycles. The lowest BCUT2D eigenvalue weighted by atomic mass is 9.79. The van der Waals surface area contributed by atoms with E-state index < -0.39 is 12.1 Å². The fourth-order valence-corrected chi connectivity index (χ4v) is 4.44. The first-order valence-corrected chi connectivity index (χ1v) is 9.74. The van der Waals surface area contributed by atoms with E-state index >= 15 is 0 Å². The zero-order valence-electron chi connectivity index (χ0n) is 15.3. The number of carbonyl (C=O) groups is 1. The van der Waals surface area contributed by atoms with Gasteiger partial charge in [0.1, 0.15) is 11.9 Å². The Morgan fingerprint density at radius 1 is 1.30 bits per heavy atom. The summed E-state index contributed by atoms with van der Waals surface area (Å²) in [6.45, 7) is 2.51. The highest BCUT2D eigenvalue weighted by atomic mass is 16.6. The number of fused-ring (bicyclic) bond motifs is 1. The normalized spacial score (nSPS) is 30.1. The van der Waals surface area contributed by atoms with Crippen molar-refractivity contribution < 1.29 is 9.72 Å². The first kappa shape index (κ1) is 18.1. The highest BCUT2D eigenvalue weighted by Gasteiger charge is 2.46. The molecular formula is C18H26N6O3. The second kappa shape index (κ2) is 7.77. The van der Waals surface area contributed by atoms with Gasteiger partial charge in [0.2, 0.25) is 11.9 Å². The number of hydrazine groups is 1. The molecular weight excluding hydrogens is 348 g/mol. The van der Waals surface area contributed by atoms with E-state index in [0.29, 0.717) is 19.4 Å². The van der Waals surface area contributed by atoms with E-state index in [1.54, 1.807) is 6.20 Å². The van der Waals surface area contributed by atoms with Gasteiger partial charge in [-0.05, 0) is 30.9 Å². The first-order chi connectivity index (χ1) is 13.1. The van der Waals surface area contributed by atoms with Gasteiger partial charge in [-0.3, -0.25) is 20.3 Å². The summed E-state index contributed by atoms with van der Waals surface area (Å²) in [6.07, 6.45) is 5.94. The molecule has 9 nitrogen and oxygen atoms in total. The van der Waals surface area contributed by atoms with Crippen molar-refractivity contribution in [3.63, 3.8) is 0 Å². The van der Waals surface area contributed by atoms with E-state index in [9.17, 15) is 14.9 Å². The summed E-state index contributed by atoms with van der Waals surface area (Å²) in [5.41, 5.74) is 7.11. The second-order valence-electron chi connectivity index (χ2n) is 7.73. The van der Waals surface area contributed by atoms with Crippen molar-refractivity contribution in [3.8, 4) is 0 Å². The van der Waals surface area contributed by atoms with E-state index in [4.69, 9.17) is 0 Å². The third-order valence-corrected chi connectivity index (χ3v) is 6.01. The molecule has 0 aromatic carbocycles. The lowest BCUT2D eigenvalue weighted by Gasteiger charge is -2.28. The quantitative estimate of drug-likeness (QED) is 0.511. The molecule has 2 aliphatic heterocycles. The van der Waals surface area contributed by atoms with Crippen molar-refractivity contribution in [1.82, 2.24) is 21.2 Å². The van der Waals surface area contributed by atoms with Crippen LogP contribution >= 0.6 is 0 Å². The number of nitro groups is 1. The minimum Gasteiger partial charge on any atom is -0.357 e. The molecule has 3 fully saturated rings. The van der Waals surface area contributed by atoms with Crippen molar-refractivity contribution in [1.29, 1.82) is 0 Å². The highest BCUT2D eigenvalue weighted by Crippen LogP contribution is 2.31. The molecule has 4 unspecified atom stereocenters. The average Bonchev–Trinajstić information content (AvgIpc) is 3.36. The molecule has 146 valence electrons. The number of nitrogens with zero attached hydrogens (tertiary/aromatic N) is 3. The minimum atomic E-state index is -0.550. The number of nitrogens with one attached hydrogen (secondary N) is 3. The van der Waals surface area contributed by atoms with Crippen LogP contribution in [-0.4, -0.2) is 47.0 Å². The number of rotatable bonds is 5. The summed E-state index contributed by atoms with van der Waals surface area (Å²) in [4.78, 5) is 30.3. The number of pyridine rings is 1. The van der Waals surface area contributed by atoms with Crippen LogP contribution < -0.4 is 21.1 Å². The van der Waals surface area contributed by atoms with Crippen LogP contribution in [0.3, 0.4) is 0 Å². The summed E-state index contributed by atoms with van der Waals surface area (Å²) in [5.74, 6) is 0.813. The molecule has 1 amide bonds. The Hall–Kier alpha value is -2.26. The summed E-state index contributed by atoms with van der Waals surface area (Å²) in [5, 5.41) is 14.0. The maximum Gasteiger partial charge on any atom is 0.239 e. The average molecular weight is 374 g/mol. The van der Waals surface area contributed by atoms with Crippen LogP contribution in [0.5, 0.6) is 0 Å². The fraction of sp³-hybridized carbons (Fsp3) is 0.667. The molecule has 0 radical (unpaired) electrons. The third-order valence-electron chi connectivity index (χ3n) is 6.01. The zero-order chi connectivity index (χ0) is 18.8. The molecule has 3 N–H and O–H groups in total. The molecule has 4 rings (SSSR count). The molecule has 0 bridgehead atoms. The number of amides is 1. The predicted octanol–water partition coefficient (Wildman–Crippen LogP) is 0.588. The van der Waals surface area contributed by atoms with Gasteiger partial charge in [-0.15, -0.1) is 0 Å². The molecule has 3 heterocycles. The first-order valence-electron chi connectivity index (χ1n) is 9.74. The van der Waals surface area contributed by atoms with Crippen molar-refractivity contribution in [3.05, 3.63) is 34.0 Å². The molecule has 4 atom stereocenters. The van der Waals surface area contributed by atoms with Crippen molar-refractivity contribution in [2.75, 3.05) is 18.0 Å². The van der Waals surface area contributed by atoms with Gasteiger partial charge in [0.05, 0.1) is 0 Å². The van der Waals surface area contributed by atoms with Gasteiger partial charge in [-0.1, -0.05) is 6.07 Å². The topological polar surface area (TPSA) is 112 Å². The van der Waals surface area contributed by atoms with Gasteiger partial charge in [-0.25, -0.2) is 10.4 Å². The summed E-state index contributed by atoms with van der Waals surface area (Å²) in [7, 11) is 0. The Labute approximate surface area is 158 Å². The van der Waals surface area contributed by atoms with Crippen LogP contribution in [-0.2, 0) is 11.3 Å². The van der Waals surface area contributed by atoms with Crippen molar-refractivity contribution >= 4 is 11.7 Å². The van der Waals surface area contributed by atoms with Crippen LogP contribution in [0, 0.1) is 16.0 Å². The largest absolute Gasteiger partial charge is 0.357 e. The lowest BCUT2D eigenvalue weighted by Crippen LogP contribution is -2.46. The molecule has 1 aliphatic carbocycles. The highest BCUT2D eigenvalue weighted by molar-refractivity contribution is 5.82. The van der Waals surface area contributed by atoms with Gasteiger partial charge in [0.25, 0.3) is 0 Å². The van der Waals surface area contributed by atoms with Gasteiger partial charge < -0.3 is 10.2 Å². The minimum absolute atomic E-state index is 0.0511. The summed E-state index contributed by atoms with van der Waals surface area (Å²) < 4.78 is 0. The van der Waals surface area contributed by atoms with E-state index in [1.807, 2.05) is 12.1 Å². The zero-order valence-corrected chi connectivity index (χ0v) is 15.3. The maximum atomic E-state index is 12.6. The van der Waals surface area contributed by atoms with E-state index in [0.717, 1.165) is 30.9 Å². The second-order valence-corrected chi connectivity index (χ2v) is 7.73. The predicted molar refractivity (Wildman–Crippen MR) is 99.5 cm³/mol. The standard InChI is InChI=1S/C18H26N6O3/c25-18(17-14-9-13(24(26)27)4-5-15(14)21-22-17)20-11-12-3-6-16(19-10-12)23-7-1-2-8-23/h3,6,10,13-15,17,21-22H,1-2,4-5,7-9,11H2,(H,20,25). The molecule has 1 aromatic rings. The van der Waals surface area contributed by atoms with Crippen LogP contribution in [0.15, 0.2) is 18.3 Å². The number of aromatic nitrogens is 1. The van der Waals surface area contributed by atoms with Crippen LogP contribution in [0.1, 0.15) is 37.7 Å². The van der Waals surface area contributed by atoms with Gasteiger partial charge in [0, 0.05) is 55.6 Å². The Bertz CT molecular complexity index is 691. The fourth-order valence-electron chi connectivity index (χ4n) is 4.44. The lowest BCUT2D eigenvalue weighted by molar-refractivity contribution is -0.528. The molecule has 3 aliphatic rings. The number of anilines is 1. The Balaban J connectivity index is 1.31. The monoisotopic (exact) mass is 374 g/mol. The van der Waals surface area contributed by atoms with Crippen LogP contribution in [0.25, 0.3) is 0 Å². The smallest absolute Gasteiger partial charge is 0.239 e. The van der Waals surface area contributed by atoms with Gasteiger partial charge in [0.15, 0.2) is 0 Å². The van der Waals surface area contributed by atoms with Gasteiger partial charge in [-0.2, -0.15) is 0 Å². The Kier molecular flexibility index (Phi) is 5.22. The number of carbonyl (C=O) groups excluding carboxylic acids is 1. The SMILES string of the molecule is O=C(NCc1ccc(N2CCCC2)nc1)C1NNC2CCC([N+](=O)[O-])CC21. The number of hydrogen-bond donors (Lipinski definition) is 3. The van der Waals surface area contributed by atoms with Crippen molar-refractivity contribution in [2.45, 2.75) is 56.8 Å². The molecule has 27 heavy (non-hydrogen) atoms. The molecule has 0 spiro atoms. The summed E-state index contributed by atoms with van der Waals surface area (Å²) >= 11 is 0. The summed E-state index contributed by atoms with van der Waals surface area (Å²) in [6, 6.07) is 3.13. The van der Waals surface area contributed by atoms with Gasteiger partial charge >= 0.3 is 0 Å². The third kappa shape index (κ3) is 3.89.